The molecule has 2 unspecified atom stereocenters. The van der Waals surface area contributed by atoms with Gasteiger partial charge in [-0.2, -0.15) is 0 Å². The Morgan fingerprint density at radius 3 is 2.67 bits per heavy atom. The lowest BCUT2D eigenvalue weighted by Gasteiger charge is -2.39. The molecule has 1 aliphatic rings. The predicted octanol–water partition coefficient (Wildman–Crippen LogP) is 5.38. The second-order valence-corrected chi connectivity index (χ2v) is 7.59. The molecule has 1 fully saturated rings. The third-order valence-corrected chi connectivity index (χ3v) is 4.56. The van der Waals surface area contributed by atoms with Crippen molar-refractivity contribution in [3.05, 3.63) is 28.2 Å². The van der Waals surface area contributed by atoms with Crippen molar-refractivity contribution in [1.29, 1.82) is 0 Å². The van der Waals surface area contributed by atoms with Crippen LogP contribution in [0.5, 0.6) is 0 Å². The molecule has 0 spiro atoms. The highest BCUT2D eigenvalue weighted by atomic mass is 79.9. The first kappa shape index (κ1) is 13.9. The molecule has 100 valence electrons. The molecule has 0 bridgehead atoms. The maximum Gasteiger partial charge on any atom is 0.0489 e. The standard InChI is InChI=1S/C16H24BrN/c1-11-5-6-14(17)15(8-11)18-13-7-12(2)9-16(3,4)10-13/h5-6,8,12-13,18H,7,9-10H2,1-4H3. The predicted molar refractivity (Wildman–Crippen MR) is 83.1 cm³/mol. The fraction of sp³-hybridized carbons (Fsp3) is 0.625. The zero-order chi connectivity index (χ0) is 13.3. The summed E-state index contributed by atoms with van der Waals surface area (Å²) in [5.74, 6) is 0.815. The van der Waals surface area contributed by atoms with E-state index >= 15 is 0 Å². The van der Waals surface area contributed by atoms with Gasteiger partial charge in [-0.15, -0.1) is 0 Å². The van der Waals surface area contributed by atoms with Crippen LogP contribution in [0.4, 0.5) is 5.69 Å². The molecular weight excluding hydrogens is 286 g/mol. The first-order valence-corrected chi connectivity index (χ1v) is 7.68. The van der Waals surface area contributed by atoms with E-state index in [2.05, 4.69) is 67.1 Å². The van der Waals surface area contributed by atoms with E-state index in [4.69, 9.17) is 0 Å². The summed E-state index contributed by atoms with van der Waals surface area (Å²) in [5.41, 5.74) is 3.01. The molecule has 0 aromatic heterocycles. The molecule has 2 heteroatoms. The average molecular weight is 310 g/mol. The van der Waals surface area contributed by atoms with Crippen LogP contribution in [0, 0.1) is 18.3 Å². The van der Waals surface area contributed by atoms with Crippen molar-refractivity contribution in [2.45, 2.75) is 53.0 Å². The second kappa shape index (κ2) is 5.24. The van der Waals surface area contributed by atoms with Gasteiger partial charge in [0.15, 0.2) is 0 Å². The number of nitrogens with one attached hydrogen (secondary N) is 1. The quantitative estimate of drug-likeness (QED) is 0.773. The normalized spacial score (nSPS) is 26.9. The molecule has 2 rings (SSSR count). The minimum absolute atomic E-state index is 0.464. The number of hydrogen-bond donors (Lipinski definition) is 1. The molecule has 0 heterocycles. The summed E-state index contributed by atoms with van der Waals surface area (Å²) in [6, 6.07) is 7.11. The summed E-state index contributed by atoms with van der Waals surface area (Å²) in [7, 11) is 0. The van der Waals surface area contributed by atoms with Crippen molar-refractivity contribution >= 4 is 21.6 Å². The fourth-order valence-electron chi connectivity index (χ4n) is 3.43. The molecule has 0 aliphatic heterocycles. The topological polar surface area (TPSA) is 12.0 Å². The SMILES string of the molecule is Cc1ccc(Br)c(NC2CC(C)CC(C)(C)C2)c1. The third kappa shape index (κ3) is 3.50. The maximum absolute atomic E-state index is 3.73. The molecular formula is C16H24BrN. The summed E-state index contributed by atoms with van der Waals surface area (Å²) in [6.45, 7) is 9.30. The van der Waals surface area contributed by atoms with Crippen molar-refractivity contribution in [3.63, 3.8) is 0 Å². The number of halogens is 1. The van der Waals surface area contributed by atoms with Gasteiger partial charge < -0.3 is 5.32 Å². The van der Waals surface area contributed by atoms with Crippen LogP contribution in [-0.4, -0.2) is 6.04 Å². The molecule has 0 radical (unpaired) electrons. The first-order chi connectivity index (χ1) is 8.35. The molecule has 18 heavy (non-hydrogen) atoms. The van der Waals surface area contributed by atoms with Gasteiger partial charge >= 0.3 is 0 Å². The van der Waals surface area contributed by atoms with Gasteiger partial charge in [0, 0.05) is 16.2 Å². The lowest BCUT2D eigenvalue weighted by Crippen LogP contribution is -2.35. The summed E-state index contributed by atoms with van der Waals surface area (Å²) in [5, 5.41) is 3.73. The fourth-order valence-corrected chi connectivity index (χ4v) is 3.79. The number of aryl methyl sites for hydroxylation is 1. The number of rotatable bonds is 2. The molecule has 1 nitrogen and oxygen atoms in total. The minimum Gasteiger partial charge on any atom is -0.381 e. The van der Waals surface area contributed by atoms with Crippen LogP contribution in [0.15, 0.2) is 22.7 Å². The second-order valence-electron chi connectivity index (χ2n) is 6.74. The lowest BCUT2D eigenvalue weighted by atomic mass is 9.70. The highest BCUT2D eigenvalue weighted by Crippen LogP contribution is 2.40. The summed E-state index contributed by atoms with van der Waals surface area (Å²) < 4.78 is 1.17. The van der Waals surface area contributed by atoms with E-state index in [1.807, 2.05) is 0 Å². The minimum atomic E-state index is 0.464. The smallest absolute Gasteiger partial charge is 0.0489 e. The molecule has 1 saturated carbocycles. The molecule has 1 aromatic carbocycles. The first-order valence-electron chi connectivity index (χ1n) is 6.88. The van der Waals surface area contributed by atoms with Crippen molar-refractivity contribution in [3.8, 4) is 0 Å². The molecule has 0 saturated heterocycles. The number of anilines is 1. The summed E-state index contributed by atoms with van der Waals surface area (Å²) in [6.07, 6.45) is 3.89. The molecule has 2 atom stereocenters. The Morgan fingerprint density at radius 1 is 1.28 bits per heavy atom. The zero-order valence-corrected chi connectivity index (χ0v) is 13.5. The lowest BCUT2D eigenvalue weighted by molar-refractivity contribution is 0.178. The van der Waals surface area contributed by atoms with E-state index < -0.39 is 0 Å². The van der Waals surface area contributed by atoms with E-state index in [0.717, 1.165) is 5.92 Å². The third-order valence-electron chi connectivity index (χ3n) is 3.87. The number of hydrogen-bond acceptors (Lipinski definition) is 1. The van der Waals surface area contributed by atoms with E-state index in [1.54, 1.807) is 0 Å². The highest BCUT2D eigenvalue weighted by molar-refractivity contribution is 9.10. The van der Waals surface area contributed by atoms with Crippen molar-refractivity contribution in [2.24, 2.45) is 11.3 Å². The van der Waals surface area contributed by atoms with Crippen molar-refractivity contribution in [1.82, 2.24) is 0 Å². The average Bonchev–Trinajstić information content (AvgIpc) is 2.20. The van der Waals surface area contributed by atoms with Gasteiger partial charge in [-0.05, 0) is 71.1 Å². The van der Waals surface area contributed by atoms with Crippen LogP contribution in [0.2, 0.25) is 0 Å². The van der Waals surface area contributed by atoms with Gasteiger partial charge in [-0.1, -0.05) is 26.8 Å². The molecule has 0 amide bonds. The Kier molecular flexibility index (Phi) is 4.05. The van der Waals surface area contributed by atoms with Crippen LogP contribution in [0.1, 0.15) is 45.6 Å². The van der Waals surface area contributed by atoms with Gasteiger partial charge in [-0.25, -0.2) is 0 Å². The largest absolute Gasteiger partial charge is 0.381 e. The Bertz CT molecular complexity index is 425. The maximum atomic E-state index is 3.73. The van der Waals surface area contributed by atoms with Crippen LogP contribution >= 0.6 is 15.9 Å². The van der Waals surface area contributed by atoms with E-state index in [-0.39, 0.29) is 0 Å². The molecule has 1 aliphatic carbocycles. The monoisotopic (exact) mass is 309 g/mol. The molecule has 1 N–H and O–H groups in total. The van der Waals surface area contributed by atoms with Gasteiger partial charge in [0.25, 0.3) is 0 Å². The van der Waals surface area contributed by atoms with Crippen LogP contribution in [-0.2, 0) is 0 Å². The van der Waals surface area contributed by atoms with Gasteiger partial charge in [0.2, 0.25) is 0 Å². The van der Waals surface area contributed by atoms with Crippen LogP contribution in [0.25, 0.3) is 0 Å². The van der Waals surface area contributed by atoms with Crippen LogP contribution < -0.4 is 5.32 Å². The Hall–Kier alpha value is -0.500. The Balaban J connectivity index is 2.11. The van der Waals surface area contributed by atoms with Crippen LogP contribution in [0.3, 0.4) is 0 Å². The van der Waals surface area contributed by atoms with E-state index in [0.29, 0.717) is 11.5 Å². The Morgan fingerprint density at radius 2 is 2.00 bits per heavy atom. The number of benzene rings is 1. The Labute approximate surface area is 119 Å². The van der Waals surface area contributed by atoms with Gasteiger partial charge in [0.1, 0.15) is 0 Å². The van der Waals surface area contributed by atoms with E-state index in [1.165, 1.54) is 35.0 Å². The van der Waals surface area contributed by atoms with E-state index in [9.17, 15) is 0 Å². The van der Waals surface area contributed by atoms with Crippen molar-refractivity contribution in [2.75, 3.05) is 5.32 Å². The summed E-state index contributed by atoms with van der Waals surface area (Å²) in [4.78, 5) is 0. The highest BCUT2D eigenvalue weighted by Gasteiger charge is 2.32. The summed E-state index contributed by atoms with van der Waals surface area (Å²) >= 11 is 3.64. The zero-order valence-electron chi connectivity index (χ0n) is 11.9. The van der Waals surface area contributed by atoms with Gasteiger partial charge in [0.05, 0.1) is 0 Å². The van der Waals surface area contributed by atoms with Crippen molar-refractivity contribution < 1.29 is 0 Å². The van der Waals surface area contributed by atoms with Gasteiger partial charge in [-0.3, -0.25) is 0 Å². The molecule has 1 aromatic rings.